The minimum atomic E-state index is -1.92. The van der Waals surface area contributed by atoms with Crippen LogP contribution >= 0.6 is 0 Å². The third-order valence-electron chi connectivity index (χ3n) is 8.33. The average molecular weight is 549 g/mol. The van der Waals surface area contributed by atoms with Crippen molar-refractivity contribution in [2.24, 2.45) is 5.92 Å². The Hall–Kier alpha value is -1.67. The molecule has 7 heteroatoms. The molecule has 1 fully saturated rings. The standard InChI is InChI=1S/C31H52O6Si/c1-10-14-15-16-24-19-27(35-21-33-8)30(28(20-24)36-22-34-9)29-23(5)26(32)18-17-25(29)31(6,7)37-38(11-2,12-3)13-4/h19-20,25,29H,5,10-18,21-22H2,1-4,6-9H3/t25-,29-/m1/s1. The number of unbranched alkanes of at least 4 members (excludes halogenated alkanes) is 2. The van der Waals surface area contributed by atoms with Crippen LogP contribution in [0.5, 0.6) is 11.5 Å². The number of ketones is 1. The Labute approximate surface area is 232 Å². The Kier molecular flexibility index (Phi) is 13.0. The molecular formula is C31H52O6Si. The largest absolute Gasteiger partial charge is 0.467 e. The highest BCUT2D eigenvalue weighted by atomic mass is 28.4. The summed E-state index contributed by atoms with van der Waals surface area (Å²) in [6.07, 6.45) is 5.51. The molecule has 1 saturated carbocycles. The van der Waals surface area contributed by atoms with Crippen LogP contribution in [0.4, 0.5) is 0 Å². The SMILES string of the molecule is C=C1C(=O)CC[C@@H](C(C)(C)O[Si](CC)(CC)CC)[C@@H]1c1c(OCOC)cc(CCCCC)cc1OCOC. The number of carbonyl (C=O) groups excluding carboxylic acids is 1. The fraction of sp³-hybridized carbons (Fsp3) is 0.710. The van der Waals surface area contributed by atoms with E-state index in [0.717, 1.165) is 61.4 Å². The van der Waals surface area contributed by atoms with Crippen LogP contribution in [0.15, 0.2) is 24.3 Å². The lowest BCUT2D eigenvalue weighted by Gasteiger charge is -2.48. The summed E-state index contributed by atoms with van der Waals surface area (Å²) >= 11 is 0. The Morgan fingerprint density at radius 3 is 1.97 bits per heavy atom. The van der Waals surface area contributed by atoms with Crippen molar-refractivity contribution in [1.82, 2.24) is 0 Å². The highest BCUT2D eigenvalue weighted by molar-refractivity contribution is 6.73. The second-order valence-corrected chi connectivity index (χ2v) is 15.8. The van der Waals surface area contributed by atoms with Gasteiger partial charge >= 0.3 is 0 Å². The van der Waals surface area contributed by atoms with E-state index in [2.05, 4.69) is 60.3 Å². The molecule has 1 aromatic rings. The van der Waals surface area contributed by atoms with E-state index in [0.29, 0.717) is 23.5 Å². The van der Waals surface area contributed by atoms with Crippen LogP contribution in [0, 0.1) is 5.92 Å². The second-order valence-electron chi connectivity index (χ2n) is 11.1. The van der Waals surface area contributed by atoms with E-state index in [1.54, 1.807) is 14.2 Å². The molecule has 1 aliphatic carbocycles. The minimum Gasteiger partial charge on any atom is -0.467 e. The normalized spacial score (nSPS) is 18.6. The molecule has 2 rings (SSSR count). The summed E-state index contributed by atoms with van der Waals surface area (Å²) in [7, 11) is 1.30. The molecule has 38 heavy (non-hydrogen) atoms. The molecule has 0 radical (unpaired) electrons. The number of carbonyl (C=O) groups is 1. The van der Waals surface area contributed by atoms with Crippen molar-refractivity contribution in [2.45, 2.75) is 110 Å². The van der Waals surface area contributed by atoms with Gasteiger partial charge in [0, 0.05) is 32.1 Å². The predicted molar refractivity (Wildman–Crippen MR) is 157 cm³/mol. The van der Waals surface area contributed by atoms with Crippen LogP contribution in [-0.2, 0) is 25.1 Å². The number of hydrogen-bond donors (Lipinski definition) is 0. The van der Waals surface area contributed by atoms with E-state index in [1.807, 2.05) is 0 Å². The van der Waals surface area contributed by atoms with Gasteiger partial charge < -0.3 is 23.4 Å². The van der Waals surface area contributed by atoms with Crippen molar-refractivity contribution in [3.63, 3.8) is 0 Å². The first-order valence-electron chi connectivity index (χ1n) is 14.5. The van der Waals surface area contributed by atoms with Gasteiger partial charge in [0.15, 0.2) is 27.7 Å². The fourth-order valence-electron chi connectivity index (χ4n) is 5.92. The molecule has 216 valence electrons. The Bertz CT molecular complexity index is 870. The molecule has 0 N–H and O–H groups in total. The molecule has 0 aromatic heterocycles. The third-order valence-corrected chi connectivity index (χ3v) is 13.2. The van der Waals surface area contributed by atoms with Crippen molar-refractivity contribution < 1.29 is 28.2 Å². The summed E-state index contributed by atoms with van der Waals surface area (Å²) in [4.78, 5) is 13.1. The van der Waals surface area contributed by atoms with Crippen molar-refractivity contribution in [3.05, 3.63) is 35.4 Å². The van der Waals surface area contributed by atoms with Crippen molar-refractivity contribution in [2.75, 3.05) is 27.8 Å². The maximum atomic E-state index is 13.1. The van der Waals surface area contributed by atoms with Gasteiger partial charge in [-0.05, 0) is 80.4 Å². The summed E-state index contributed by atoms with van der Waals surface area (Å²) in [6, 6.07) is 7.38. The first-order chi connectivity index (χ1) is 18.1. The molecular weight excluding hydrogens is 496 g/mol. The van der Waals surface area contributed by atoms with Crippen molar-refractivity contribution >= 4 is 14.1 Å². The lowest BCUT2D eigenvalue weighted by molar-refractivity contribution is -0.118. The van der Waals surface area contributed by atoms with Gasteiger partial charge in [0.1, 0.15) is 11.5 Å². The predicted octanol–water partition coefficient (Wildman–Crippen LogP) is 7.80. The Morgan fingerprint density at radius 1 is 0.947 bits per heavy atom. The number of methoxy groups -OCH3 is 2. The van der Waals surface area contributed by atoms with Crippen LogP contribution in [0.3, 0.4) is 0 Å². The Balaban J connectivity index is 2.70. The van der Waals surface area contributed by atoms with E-state index in [1.165, 1.54) is 0 Å². The average Bonchev–Trinajstić information content (AvgIpc) is 2.91. The molecule has 6 nitrogen and oxygen atoms in total. The summed E-state index contributed by atoms with van der Waals surface area (Å²) < 4.78 is 30.1. The zero-order chi connectivity index (χ0) is 28.3. The van der Waals surface area contributed by atoms with Crippen molar-refractivity contribution in [1.29, 1.82) is 0 Å². The number of allylic oxidation sites excluding steroid dienone is 1. The summed E-state index contributed by atoms with van der Waals surface area (Å²) in [6.45, 7) is 17.9. The quantitative estimate of drug-likeness (QED) is 0.0856. The smallest absolute Gasteiger partial charge is 0.192 e. The molecule has 0 amide bonds. The lowest BCUT2D eigenvalue weighted by Crippen LogP contribution is -2.50. The van der Waals surface area contributed by atoms with Gasteiger partial charge in [-0.1, -0.05) is 47.1 Å². The van der Waals surface area contributed by atoms with Crippen LogP contribution in [0.2, 0.25) is 18.1 Å². The van der Waals surface area contributed by atoms with Gasteiger partial charge in [-0.2, -0.15) is 0 Å². The molecule has 0 bridgehead atoms. The number of Topliss-reactive ketones (excluding diaryl/α,β-unsaturated/α-hetero) is 1. The highest BCUT2D eigenvalue weighted by Gasteiger charge is 2.48. The van der Waals surface area contributed by atoms with Gasteiger partial charge in [0.2, 0.25) is 0 Å². The van der Waals surface area contributed by atoms with Crippen LogP contribution in [0.1, 0.15) is 90.7 Å². The minimum absolute atomic E-state index is 0.0324. The van der Waals surface area contributed by atoms with E-state index < -0.39 is 13.9 Å². The number of aryl methyl sites for hydroxylation is 1. The van der Waals surface area contributed by atoms with Gasteiger partial charge in [-0.15, -0.1) is 0 Å². The fourth-order valence-corrected chi connectivity index (χ4v) is 9.12. The van der Waals surface area contributed by atoms with Gasteiger partial charge in [0.25, 0.3) is 0 Å². The Morgan fingerprint density at radius 2 is 1.50 bits per heavy atom. The molecule has 2 atom stereocenters. The molecule has 1 aromatic carbocycles. The summed E-state index contributed by atoms with van der Waals surface area (Å²) in [5, 5.41) is 0. The molecule has 0 aliphatic heterocycles. The van der Waals surface area contributed by atoms with Crippen LogP contribution in [0.25, 0.3) is 0 Å². The van der Waals surface area contributed by atoms with Gasteiger partial charge in [-0.25, -0.2) is 0 Å². The van der Waals surface area contributed by atoms with Gasteiger partial charge in [-0.3, -0.25) is 4.79 Å². The van der Waals surface area contributed by atoms with E-state index in [-0.39, 0.29) is 31.2 Å². The maximum absolute atomic E-state index is 13.1. The summed E-state index contributed by atoms with van der Waals surface area (Å²) in [5.74, 6) is 1.18. The number of rotatable bonds is 17. The van der Waals surface area contributed by atoms with Crippen molar-refractivity contribution in [3.8, 4) is 11.5 Å². The van der Waals surface area contributed by atoms with Gasteiger partial charge in [0.05, 0.1) is 5.60 Å². The molecule has 0 heterocycles. The lowest BCUT2D eigenvalue weighted by atomic mass is 9.66. The first-order valence-corrected chi connectivity index (χ1v) is 17.0. The number of benzene rings is 1. The van der Waals surface area contributed by atoms with E-state index in [4.69, 9.17) is 23.4 Å². The molecule has 0 saturated heterocycles. The highest BCUT2D eigenvalue weighted by Crippen LogP contribution is 2.52. The number of ether oxygens (including phenoxy) is 4. The summed E-state index contributed by atoms with van der Waals surface area (Å²) in [5.41, 5.74) is 2.11. The first kappa shape index (κ1) is 32.5. The zero-order valence-corrected chi connectivity index (χ0v) is 26.2. The molecule has 0 unspecified atom stereocenters. The molecule has 0 spiro atoms. The topological polar surface area (TPSA) is 63.2 Å². The van der Waals surface area contributed by atoms with Crippen LogP contribution in [-0.4, -0.2) is 47.5 Å². The molecule has 1 aliphatic rings. The second kappa shape index (κ2) is 15.2. The van der Waals surface area contributed by atoms with Crippen LogP contribution < -0.4 is 9.47 Å². The number of hydrogen-bond acceptors (Lipinski definition) is 6. The van der Waals surface area contributed by atoms with E-state index in [9.17, 15) is 4.79 Å². The van der Waals surface area contributed by atoms with E-state index >= 15 is 0 Å². The maximum Gasteiger partial charge on any atom is 0.192 e. The zero-order valence-electron chi connectivity index (χ0n) is 25.2. The monoisotopic (exact) mass is 548 g/mol. The third kappa shape index (κ3) is 7.93.